The summed E-state index contributed by atoms with van der Waals surface area (Å²) in [5.41, 5.74) is 1.84. The number of hydrogen-bond donors (Lipinski definition) is 2. The van der Waals surface area contributed by atoms with E-state index in [-0.39, 0.29) is 12.5 Å². The molecule has 1 aromatic rings. The van der Waals surface area contributed by atoms with Crippen LogP contribution < -0.4 is 10.1 Å². The zero-order valence-corrected chi connectivity index (χ0v) is 10.6. The molecule has 1 aromatic carbocycles. The fourth-order valence-electron chi connectivity index (χ4n) is 1.75. The van der Waals surface area contributed by atoms with Crippen LogP contribution in [0.4, 0.5) is 0 Å². The molecule has 0 aliphatic heterocycles. The Morgan fingerprint density at radius 2 is 2.28 bits per heavy atom. The zero-order chi connectivity index (χ0) is 13.0. The Bertz CT molecular complexity index is 427. The number of rotatable bonds is 6. The molecule has 1 fully saturated rings. The zero-order valence-electron chi connectivity index (χ0n) is 10.6. The Balaban J connectivity index is 1.79. The molecule has 0 spiro atoms. The van der Waals surface area contributed by atoms with Gasteiger partial charge in [-0.3, -0.25) is 4.79 Å². The van der Waals surface area contributed by atoms with Crippen LogP contribution in [0.15, 0.2) is 18.2 Å². The van der Waals surface area contributed by atoms with Crippen LogP contribution in [0.5, 0.6) is 5.75 Å². The minimum absolute atomic E-state index is 0.0372. The molecule has 0 heterocycles. The highest BCUT2D eigenvalue weighted by Gasteiger charge is 2.22. The minimum atomic E-state index is -0.0503. The van der Waals surface area contributed by atoms with E-state index >= 15 is 0 Å². The molecule has 1 amide bonds. The van der Waals surface area contributed by atoms with Crippen molar-refractivity contribution in [3.63, 3.8) is 0 Å². The first-order valence-corrected chi connectivity index (χ1v) is 6.31. The topological polar surface area (TPSA) is 58.6 Å². The molecule has 0 radical (unpaired) electrons. The van der Waals surface area contributed by atoms with Gasteiger partial charge in [0.25, 0.3) is 0 Å². The number of benzene rings is 1. The van der Waals surface area contributed by atoms with Crippen molar-refractivity contribution in [3.05, 3.63) is 29.3 Å². The summed E-state index contributed by atoms with van der Waals surface area (Å²) >= 11 is 0. The molecule has 0 atom stereocenters. The summed E-state index contributed by atoms with van der Waals surface area (Å²) in [4.78, 5) is 11.5. The van der Waals surface area contributed by atoms with Crippen molar-refractivity contribution in [2.24, 2.45) is 0 Å². The molecule has 1 aliphatic carbocycles. The van der Waals surface area contributed by atoms with Crippen molar-refractivity contribution in [3.8, 4) is 5.75 Å². The number of aliphatic hydroxyl groups is 1. The summed E-state index contributed by atoms with van der Waals surface area (Å²) in [6.07, 6.45) is 2.55. The summed E-state index contributed by atoms with van der Waals surface area (Å²) < 4.78 is 5.53. The molecule has 0 saturated heterocycles. The number of aryl methyl sites for hydroxylation is 1. The van der Waals surface area contributed by atoms with Crippen LogP contribution in [-0.4, -0.2) is 23.7 Å². The molecule has 0 unspecified atom stereocenters. The van der Waals surface area contributed by atoms with Crippen LogP contribution in [-0.2, 0) is 11.4 Å². The lowest BCUT2D eigenvalue weighted by atomic mass is 10.1. The van der Waals surface area contributed by atoms with Gasteiger partial charge < -0.3 is 15.2 Å². The standard InChI is InChI=1S/C14H19NO3/c1-10-2-5-13(11(8-10)9-16)18-7-6-14(17)15-12-3-4-12/h2,5,8,12,16H,3-4,6-7,9H2,1H3,(H,15,17). The van der Waals surface area contributed by atoms with Crippen molar-refractivity contribution in [1.29, 1.82) is 0 Å². The second-order valence-electron chi connectivity index (χ2n) is 4.71. The van der Waals surface area contributed by atoms with Crippen molar-refractivity contribution in [2.75, 3.05) is 6.61 Å². The molecule has 2 rings (SSSR count). The lowest BCUT2D eigenvalue weighted by Crippen LogP contribution is -2.26. The maximum Gasteiger partial charge on any atom is 0.223 e. The number of carbonyl (C=O) groups excluding carboxylic acids is 1. The summed E-state index contributed by atoms with van der Waals surface area (Å²) in [7, 11) is 0. The lowest BCUT2D eigenvalue weighted by molar-refractivity contribution is -0.121. The Morgan fingerprint density at radius 1 is 1.50 bits per heavy atom. The molecule has 18 heavy (non-hydrogen) atoms. The van der Waals surface area contributed by atoms with Gasteiger partial charge in [-0.2, -0.15) is 0 Å². The summed E-state index contributed by atoms with van der Waals surface area (Å²) in [5, 5.41) is 12.1. The first kappa shape index (κ1) is 12.9. The van der Waals surface area contributed by atoms with E-state index in [1.54, 1.807) is 0 Å². The second kappa shape index (κ2) is 5.87. The number of aliphatic hydroxyl groups excluding tert-OH is 1. The van der Waals surface area contributed by atoms with Crippen LogP contribution in [0.25, 0.3) is 0 Å². The first-order chi connectivity index (χ1) is 8.69. The van der Waals surface area contributed by atoms with E-state index in [1.165, 1.54) is 0 Å². The number of amides is 1. The predicted molar refractivity (Wildman–Crippen MR) is 68.4 cm³/mol. The fourth-order valence-corrected chi connectivity index (χ4v) is 1.75. The fraction of sp³-hybridized carbons (Fsp3) is 0.500. The van der Waals surface area contributed by atoms with Crippen LogP contribution in [0.2, 0.25) is 0 Å². The summed E-state index contributed by atoms with van der Waals surface area (Å²) in [6.45, 7) is 2.26. The number of carbonyl (C=O) groups is 1. The third-order valence-corrected chi connectivity index (χ3v) is 2.92. The van der Waals surface area contributed by atoms with E-state index < -0.39 is 0 Å². The van der Waals surface area contributed by atoms with Gasteiger partial charge in [0.2, 0.25) is 5.91 Å². The monoisotopic (exact) mass is 249 g/mol. The highest BCUT2D eigenvalue weighted by Crippen LogP contribution is 2.21. The van der Waals surface area contributed by atoms with E-state index in [1.807, 2.05) is 25.1 Å². The highest BCUT2D eigenvalue weighted by atomic mass is 16.5. The maximum atomic E-state index is 11.5. The number of ether oxygens (including phenoxy) is 1. The van der Waals surface area contributed by atoms with E-state index in [9.17, 15) is 9.90 Å². The van der Waals surface area contributed by atoms with Crippen LogP contribution in [0.1, 0.15) is 30.4 Å². The van der Waals surface area contributed by atoms with Gasteiger partial charge in [-0.25, -0.2) is 0 Å². The molecular formula is C14H19NO3. The largest absolute Gasteiger partial charge is 0.493 e. The van der Waals surface area contributed by atoms with Crippen LogP contribution in [0, 0.1) is 6.92 Å². The smallest absolute Gasteiger partial charge is 0.223 e. The van der Waals surface area contributed by atoms with Crippen molar-refractivity contribution in [2.45, 2.75) is 38.8 Å². The molecule has 0 bridgehead atoms. The average Bonchev–Trinajstić information content (AvgIpc) is 3.14. The summed E-state index contributed by atoms with van der Waals surface area (Å²) in [5.74, 6) is 0.692. The Hall–Kier alpha value is -1.55. The van der Waals surface area contributed by atoms with E-state index in [0.717, 1.165) is 24.0 Å². The number of hydrogen-bond acceptors (Lipinski definition) is 3. The van der Waals surface area contributed by atoms with Gasteiger partial charge in [-0.15, -0.1) is 0 Å². The first-order valence-electron chi connectivity index (χ1n) is 6.31. The third-order valence-electron chi connectivity index (χ3n) is 2.92. The molecular weight excluding hydrogens is 230 g/mol. The predicted octanol–water partition coefficient (Wildman–Crippen LogP) is 1.53. The quantitative estimate of drug-likeness (QED) is 0.804. The molecule has 2 N–H and O–H groups in total. The Kier molecular flexibility index (Phi) is 4.20. The van der Waals surface area contributed by atoms with Gasteiger partial charge in [0.15, 0.2) is 0 Å². The van der Waals surface area contributed by atoms with Gasteiger partial charge in [0.1, 0.15) is 5.75 Å². The van der Waals surface area contributed by atoms with Gasteiger partial charge in [-0.1, -0.05) is 17.7 Å². The third kappa shape index (κ3) is 3.74. The van der Waals surface area contributed by atoms with Gasteiger partial charge in [0, 0.05) is 11.6 Å². The molecule has 98 valence electrons. The highest BCUT2D eigenvalue weighted by molar-refractivity contribution is 5.76. The van der Waals surface area contributed by atoms with E-state index in [2.05, 4.69) is 5.32 Å². The normalized spacial score (nSPS) is 14.3. The minimum Gasteiger partial charge on any atom is -0.493 e. The molecule has 4 nitrogen and oxygen atoms in total. The van der Waals surface area contributed by atoms with E-state index in [0.29, 0.717) is 24.8 Å². The SMILES string of the molecule is Cc1ccc(OCCC(=O)NC2CC2)c(CO)c1. The van der Waals surface area contributed by atoms with Crippen molar-refractivity contribution < 1.29 is 14.6 Å². The molecule has 1 aliphatic rings. The van der Waals surface area contributed by atoms with Crippen LogP contribution >= 0.6 is 0 Å². The Labute approximate surface area is 107 Å². The lowest BCUT2D eigenvalue weighted by Gasteiger charge is -2.10. The van der Waals surface area contributed by atoms with Gasteiger partial charge in [0.05, 0.1) is 19.6 Å². The van der Waals surface area contributed by atoms with E-state index in [4.69, 9.17) is 4.74 Å². The average molecular weight is 249 g/mol. The Morgan fingerprint density at radius 3 is 2.94 bits per heavy atom. The molecule has 4 heteroatoms. The molecule has 1 saturated carbocycles. The van der Waals surface area contributed by atoms with Crippen LogP contribution in [0.3, 0.4) is 0 Å². The second-order valence-corrected chi connectivity index (χ2v) is 4.71. The molecule has 0 aromatic heterocycles. The van der Waals surface area contributed by atoms with Gasteiger partial charge in [-0.05, 0) is 25.8 Å². The van der Waals surface area contributed by atoms with Crippen molar-refractivity contribution >= 4 is 5.91 Å². The van der Waals surface area contributed by atoms with Crippen molar-refractivity contribution in [1.82, 2.24) is 5.32 Å². The summed E-state index contributed by atoms with van der Waals surface area (Å²) in [6, 6.07) is 6.04. The van der Waals surface area contributed by atoms with Gasteiger partial charge >= 0.3 is 0 Å². The number of nitrogens with one attached hydrogen (secondary N) is 1. The maximum absolute atomic E-state index is 11.5.